The van der Waals surface area contributed by atoms with E-state index in [0.717, 1.165) is 11.1 Å². The van der Waals surface area contributed by atoms with Crippen molar-refractivity contribution in [1.82, 2.24) is 15.5 Å². The molecule has 1 heterocycles. The number of rotatable bonds is 4. The summed E-state index contributed by atoms with van der Waals surface area (Å²) in [6.45, 7) is 2.62. The SMILES string of the molecule is Cc1ccc(C#CCN)cc1C(=O)NCCc1ncon1. The average Bonchev–Trinajstić information content (AvgIpc) is 2.99. The lowest BCUT2D eigenvalue weighted by Crippen LogP contribution is -2.26. The Morgan fingerprint density at radius 1 is 1.48 bits per heavy atom. The Bertz CT molecular complexity index is 669. The van der Waals surface area contributed by atoms with Crippen molar-refractivity contribution >= 4 is 5.91 Å². The van der Waals surface area contributed by atoms with E-state index in [2.05, 4.69) is 31.8 Å². The maximum Gasteiger partial charge on any atom is 0.251 e. The second kappa shape index (κ2) is 7.22. The largest absolute Gasteiger partial charge is 0.352 e. The van der Waals surface area contributed by atoms with E-state index in [1.165, 1.54) is 6.39 Å². The van der Waals surface area contributed by atoms with Gasteiger partial charge in [-0.15, -0.1) is 0 Å². The molecule has 0 radical (unpaired) electrons. The van der Waals surface area contributed by atoms with Crippen LogP contribution in [0.3, 0.4) is 0 Å². The van der Waals surface area contributed by atoms with Gasteiger partial charge in [-0.05, 0) is 24.6 Å². The summed E-state index contributed by atoms with van der Waals surface area (Å²) in [6, 6.07) is 5.50. The summed E-state index contributed by atoms with van der Waals surface area (Å²) in [5.74, 6) is 6.11. The van der Waals surface area contributed by atoms with E-state index in [0.29, 0.717) is 30.9 Å². The molecular formula is C15H16N4O2. The van der Waals surface area contributed by atoms with Gasteiger partial charge in [-0.3, -0.25) is 4.79 Å². The Balaban J connectivity index is 2.00. The van der Waals surface area contributed by atoms with Crippen LogP contribution >= 0.6 is 0 Å². The molecule has 0 aliphatic rings. The van der Waals surface area contributed by atoms with Crippen LogP contribution in [-0.2, 0) is 6.42 Å². The van der Waals surface area contributed by atoms with Crippen molar-refractivity contribution in [3.63, 3.8) is 0 Å². The molecule has 21 heavy (non-hydrogen) atoms. The Hall–Kier alpha value is -2.65. The molecule has 1 aromatic carbocycles. The molecule has 1 amide bonds. The second-order valence-corrected chi connectivity index (χ2v) is 4.39. The normalized spacial score (nSPS) is 9.81. The molecule has 0 saturated heterocycles. The van der Waals surface area contributed by atoms with Crippen LogP contribution in [-0.4, -0.2) is 29.1 Å². The van der Waals surface area contributed by atoms with Crippen LogP contribution in [0, 0.1) is 18.8 Å². The van der Waals surface area contributed by atoms with Gasteiger partial charge in [0.05, 0.1) is 6.54 Å². The van der Waals surface area contributed by atoms with E-state index < -0.39 is 0 Å². The molecule has 108 valence electrons. The van der Waals surface area contributed by atoms with Crippen LogP contribution < -0.4 is 11.1 Å². The zero-order valence-electron chi connectivity index (χ0n) is 11.7. The number of aromatic nitrogens is 2. The van der Waals surface area contributed by atoms with E-state index in [1.807, 2.05) is 19.1 Å². The average molecular weight is 284 g/mol. The van der Waals surface area contributed by atoms with Gasteiger partial charge < -0.3 is 15.6 Å². The summed E-state index contributed by atoms with van der Waals surface area (Å²) in [4.78, 5) is 16.1. The van der Waals surface area contributed by atoms with Crippen molar-refractivity contribution in [2.45, 2.75) is 13.3 Å². The van der Waals surface area contributed by atoms with Crippen LogP contribution in [0.25, 0.3) is 0 Å². The molecule has 0 fully saturated rings. The highest BCUT2D eigenvalue weighted by atomic mass is 16.5. The Labute approximate surface area is 122 Å². The van der Waals surface area contributed by atoms with Crippen molar-refractivity contribution in [3.05, 3.63) is 47.1 Å². The maximum atomic E-state index is 12.2. The lowest BCUT2D eigenvalue weighted by molar-refractivity contribution is 0.0953. The number of aryl methyl sites for hydroxylation is 1. The van der Waals surface area contributed by atoms with Gasteiger partial charge in [0.25, 0.3) is 5.91 Å². The number of hydrogen-bond acceptors (Lipinski definition) is 5. The van der Waals surface area contributed by atoms with Crippen LogP contribution in [0.5, 0.6) is 0 Å². The molecule has 0 unspecified atom stereocenters. The predicted octanol–water partition coefficient (Wildman–Crippen LogP) is 0.661. The van der Waals surface area contributed by atoms with Crippen LogP contribution in [0.4, 0.5) is 0 Å². The fourth-order valence-electron chi connectivity index (χ4n) is 1.78. The van der Waals surface area contributed by atoms with Gasteiger partial charge in [0, 0.05) is 24.1 Å². The zero-order valence-corrected chi connectivity index (χ0v) is 11.7. The first-order valence-corrected chi connectivity index (χ1v) is 6.53. The van der Waals surface area contributed by atoms with Crippen molar-refractivity contribution in [1.29, 1.82) is 0 Å². The van der Waals surface area contributed by atoms with Gasteiger partial charge in [-0.1, -0.05) is 23.1 Å². The smallest absolute Gasteiger partial charge is 0.251 e. The van der Waals surface area contributed by atoms with Gasteiger partial charge in [-0.25, -0.2) is 0 Å². The summed E-state index contributed by atoms with van der Waals surface area (Å²) in [5, 5.41) is 6.51. The summed E-state index contributed by atoms with van der Waals surface area (Å²) < 4.78 is 4.63. The molecule has 3 N–H and O–H groups in total. The lowest BCUT2D eigenvalue weighted by atomic mass is 10.0. The van der Waals surface area contributed by atoms with Crippen LogP contribution in [0.1, 0.15) is 27.3 Å². The van der Waals surface area contributed by atoms with E-state index in [9.17, 15) is 4.79 Å². The Morgan fingerprint density at radius 3 is 3.05 bits per heavy atom. The van der Waals surface area contributed by atoms with Gasteiger partial charge in [0.1, 0.15) is 0 Å². The van der Waals surface area contributed by atoms with Crippen molar-refractivity contribution in [2.24, 2.45) is 5.73 Å². The molecule has 0 aliphatic heterocycles. The molecule has 0 atom stereocenters. The molecule has 0 saturated carbocycles. The number of amides is 1. The highest BCUT2D eigenvalue weighted by Gasteiger charge is 2.09. The topological polar surface area (TPSA) is 94.0 Å². The molecular weight excluding hydrogens is 268 g/mol. The molecule has 6 nitrogen and oxygen atoms in total. The third kappa shape index (κ3) is 4.16. The molecule has 1 aromatic heterocycles. The van der Waals surface area contributed by atoms with Crippen molar-refractivity contribution < 1.29 is 9.32 Å². The first kappa shape index (κ1) is 14.8. The van der Waals surface area contributed by atoms with Crippen molar-refractivity contribution in [2.75, 3.05) is 13.1 Å². The van der Waals surface area contributed by atoms with E-state index in [4.69, 9.17) is 5.73 Å². The molecule has 0 spiro atoms. The van der Waals surface area contributed by atoms with Crippen LogP contribution in [0.15, 0.2) is 29.1 Å². The Morgan fingerprint density at radius 2 is 2.33 bits per heavy atom. The molecule has 0 aliphatic carbocycles. The fourth-order valence-corrected chi connectivity index (χ4v) is 1.78. The number of carbonyl (C=O) groups excluding carboxylic acids is 1. The minimum atomic E-state index is -0.146. The van der Waals surface area contributed by atoms with Gasteiger partial charge in [0.2, 0.25) is 6.39 Å². The zero-order chi connectivity index (χ0) is 15.1. The predicted molar refractivity (Wildman–Crippen MR) is 77.4 cm³/mol. The first-order valence-electron chi connectivity index (χ1n) is 6.53. The molecule has 2 rings (SSSR count). The number of nitrogens with one attached hydrogen (secondary N) is 1. The quantitative estimate of drug-likeness (QED) is 0.804. The highest BCUT2D eigenvalue weighted by molar-refractivity contribution is 5.96. The number of nitrogens with zero attached hydrogens (tertiary/aromatic N) is 2. The fraction of sp³-hybridized carbons (Fsp3) is 0.267. The summed E-state index contributed by atoms with van der Waals surface area (Å²) in [6.07, 6.45) is 1.79. The third-order valence-electron chi connectivity index (χ3n) is 2.86. The van der Waals surface area contributed by atoms with E-state index >= 15 is 0 Å². The second-order valence-electron chi connectivity index (χ2n) is 4.39. The summed E-state index contributed by atoms with van der Waals surface area (Å²) in [7, 11) is 0. The number of benzene rings is 1. The summed E-state index contributed by atoms with van der Waals surface area (Å²) in [5.41, 5.74) is 7.61. The van der Waals surface area contributed by atoms with Gasteiger partial charge in [0.15, 0.2) is 5.82 Å². The summed E-state index contributed by atoms with van der Waals surface area (Å²) >= 11 is 0. The lowest BCUT2D eigenvalue weighted by Gasteiger charge is -2.07. The Kier molecular flexibility index (Phi) is 5.07. The monoisotopic (exact) mass is 284 g/mol. The molecule has 6 heteroatoms. The molecule has 0 bridgehead atoms. The maximum absolute atomic E-state index is 12.2. The van der Waals surface area contributed by atoms with Gasteiger partial charge >= 0.3 is 0 Å². The number of hydrogen-bond donors (Lipinski definition) is 2. The third-order valence-corrected chi connectivity index (χ3v) is 2.86. The first-order chi connectivity index (χ1) is 10.2. The van der Waals surface area contributed by atoms with Gasteiger partial charge in [-0.2, -0.15) is 4.98 Å². The van der Waals surface area contributed by atoms with Crippen LogP contribution in [0.2, 0.25) is 0 Å². The van der Waals surface area contributed by atoms with Crippen molar-refractivity contribution in [3.8, 4) is 11.8 Å². The number of carbonyl (C=O) groups is 1. The minimum absolute atomic E-state index is 0.146. The van der Waals surface area contributed by atoms with E-state index in [1.54, 1.807) is 6.07 Å². The van der Waals surface area contributed by atoms with E-state index in [-0.39, 0.29) is 5.91 Å². The number of nitrogens with two attached hydrogens (primary N) is 1. The standard InChI is InChI=1S/C15H16N4O2/c1-11-4-5-12(3-2-7-16)9-13(11)15(20)17-8-6-14-18-10-21-19-14/h4-5,9-10H,6-8,16H2,1H3,(H,17,20). The minimum Gasteiger partial charge on any atom is -0.352 e. The highest BCUT2D eigenvalue weighted by Crippen LogP contribution is 2.10. The molecule has 2 aromatic rings.